The first-order chi connectivity index (χ1) is 9.11. The fraction of sp³-hybridized carbons (Fsp3) is 0.647. The molecular weight excluding hydrogens is 237 g/mol. The quantitative estimate of drug-likeness (QED) is 0.850. The highest BCUT2D eigenvalue weighted by atomic mass is 19.1. The third-order valence-electron chi connectivity index (χ3n) is 5.42. The van der Waals surface area contributed by atoms with Gasteiger partial charge in [-0.1, -0.05) is 26.0 Å². The maximum Gasteiger partial charge on any atom is 0.123 e. The van der Waals surface area contributed by atoms with Crippen LogP contribution in [0.3, 0.4) is 0 Å². The van der Waals surface area contributed by atoms with E-state index in [9.17, 15) is 4.39 Å². The zero-order valence-corrected chi connectivity index (χ0v) is 12.0. The van der Waals surface area contributed by atoms with E-state index in [2.05, 4.69) is 25.2 Å². The lowest BCUT2D eigenvalue weighted by atomic mass is 9.50. The molecule has 2 heteroatoms. The smallest absolute Gasteiger partial charge is 0.123 e. The van der Waals surface area contributed by atoms with Crippen LogP contribution in [0.4, 0.5) is 4.39 Å². The molecule has 1 aliphatic heterocycles. The Hall–Kier alpha value is -0.890. The van der Waals surface area contributed by atoms with Crippen LogP contribution >= 0.6 is 0 Å². The SMILES string of the molecule is CC(C)C1CC2(CCNCC2c2cccc(F)c2)C1. The number of rotatable bonds is 2. The number of halogens is 1. The molecule has 2 aliphatic rings. The van der Waals surface area contributed by atoms with E-state index in [1.54, 1.807) is 12.1 Å². The van der Waals surface area contributed by atoms with Crippen LogP contribution in [0.2, 0.25) is 0 Å². The molecule has 1 unspecified atom stereocenters. The summed E-state index contributed by atoms with van der Waals surface area (Å²) >= 11 is 0. The molecule has 1 nitrogen and oxygen atoms in total. The maximum atomic E-state index is 13.5. The highest BCUT2D eigenvalue weighted by Gasteiger charge is 2.51. The van der Waals surface area contributed by atoms with Crippen LogP contribution in [0.25, 0.3) is 0 Å². The van der Waals surface area contributed by atoms with Crippen LogP contribution in [0, 0.1) is 23.1 Å². The van der Waals surface area contributed by atoms with E-state index in [1.807, 2.05) is 6.07 Å². The van der Waals surface area contributed by atoms with E-state index in [1.165, 1.54) is 24.8 Å². The molecule has 104 valence electrons. The van der Waals surface area contributed by atoms with E-state index in [0.29, 0.717) is 11.3 Å². The fourth-order valence-electron chi connectivity index (χ4n) is 4.11. The van der Waals surface area contributed by atoms with Crippen LogP contribution in [0.15, 0.2) is 24.3 Å². The number of benzene rings is 1. The third-order valence-corrected chi connectivity index (χ3v) is 5.42. The van der Waals surface area contributed by atoms with Crippen LogP contribution in [0.1, 0.15) is 44.6 Å². The van der Waals surface area contributed by atoms with Crippen molar-refractivity contribution in [3.05, 3.63) is 35.6 Å². The average molecular weight is 261 g/mol. The molecule has 0 radical (unpaired) electrons. The Morgan fingerprint density at radius 2 is 2.11 bits per heavy atom. The van der Waals surface area contributed by atoms with Crippen molar-refractivity contribution >= 4 is 0 Å². The van der Waals surface area contributed by atoms with Gasteiger partial charge in [0.2, 0.25) is 0 Å². The van der Waals surface area contributed by atoms with Crippen molar-refractivity contribution in [2.24, 2.45) is 17.3 Å². The highest BCUT2D eigenvalue weighted by molar-refractivity contribution is 5.26. The summed E-state index contributed by atoms with van der Waals surface area (Å²) in [6.07, 6.45) is 3.90. The Morgan fingerprint density at radius 3 is 2.79 bits per heavy atom. The summed E-state index contributed by atoms with van der Waals surface area (Å²) in [7, 11) is 0. The monoisotopic (exact) mass is 261 g/mol. The lowest BCUT2D eigenvalue weighted by Crippen LogP contribution is -2.52. The Bertz CT molecular complexity index is 448. The van der Waals surface area contributed by atoms with Gasteiger partial charge in [-0.2, -0.15) is 0 Å². The normalized spacial score (nSPS) is 34.5. The molecule has 0 bridgehead atoms. The van der Waals surface area contributed by atoms with Gasteiger partial charge in [0.1, 0.15) is 5.82 Å². The van der Waals surface area contributed by atoms with Crippen molar-refractivity contribution < 1.29 is 4.39 Å². The van der Waals surface area contributed by atoms with Gasteiger partial charge in [0.25, 0.3) is 0 Å². The fourth-order valence-corrected chi connectivity index (χ4v) is 4.11. The summed E-state index contributed by atoms with van der Waals surface area (Å²) in [6, 6.07) is 7.24. The van der Waals surface area contributed by atoms with Gasteiger partial charge in [-0.15, -0.1) is 0 Å². The van der Waals surface area contributed by atoms with Gasteiger partial charge >= 0.3 is 0 Å². The van der Waals surface area contributed by atoms with Crippen molar-refractivity contribution in [1.29, 1.82) is 0 Å². The number of hydrogen-bond acceptors (Lipinski definition) is 1. The Balaban J connectivity index is 1.83. The first-order valence-electron chi connectivity index (χ1n) is 7.57. The van der Waals surface area contributed by atoms with Gasteiger partial charge in [0.05, 0.1) is 0 Å². The predicted octanol–water partition coefficient (Wildman–Crippen LogP) is 3.96. The molecule has 1 aromatic carbocycles. The van der Waals surface area contributed by atoms with Crippen LogP contribution < -0.4 is 5.32 Å². The van der Waals surface area contributed by atoms with E-state index in [4.69, 9.17) is 0 Å². The lowest BCUT2D eigenvalue weighted by molar-refractivity contribution is -0.0215. The van der Waals surface area contributed by atoms with Crippen molar-refractivity contribution in [3.63, 3.8) is 0 Å². The largest absolute Gasteiger partial charge is 0.316 e. The van der Waals surface area contributed by atoms with E-state index < -0.39 is 0 Å². The summed E-state index contributed by atoms with van der Waals surface area (Å²) in [5.41, 5.74) is 1.63. The molecule has 1 saturated heterocycles. The van der Waals surface area contributed by atoms with Gasteiger partial charge in [0, 0.05) is 12.5 Å². The van der Waals surface area contributed by atoms with Crippen molar-refractivity contribution in [1.82, 2.24) is 5.32 Å². The van der Waals surface area contributed by atoms with Crippen LogP contribution in [-0.2, 0) is 0 Å². The van der Waals surface area contributed by atoms with Gasteiger partial charge in [-0.3, -0.25) is 0 Å². The first kappa shape index (κ1) is 13.1. The van der Waals surface area contributed by atoms with Gasteiger partial charge < -0.3 is 5.32 Å². The first-order valence-corrected chi connectivity index (χ1v) is 7.57. The molecule has 1 atom stereocenters. The molecule has 1 heterocycles. The van der Waals surface area contributed by atoms with E-state index in [0.717, 1.165) is 24.9 Å². The predicted molar refractivity (Wildman–Crippen MR) is 76.6 cm³/mol. The minimum atomic E-state index is -0.0991. The van der Waals surface area contributed by atoms with Crippen molar-refractivity contribution in [2.75, 3.05) is 13.1 Å². The van der Waals surface area contributed by atoms with Crippen molar-refractivity contribution in [2.45, 2.75) is 39.0 Å². The average Bonchev–Trinajstić information content (AvgIpc) is 2.35. The molecule has 3 rings (SSSR count). The summed E-state index contributed by atoms with van der Waals surface area (Å²) in [5.74, 6) is 2.05. The molecule has 1 aliphatic carbocycles. The summed E-state index contributed by atoms with van der Waals surface area (Å²) in [5, 5.41) is 3.50. The molecule has 1 saturated carbocycles. The molecule has 1 aromatic rings. The third kappa shape index (κ3) is 2.31. The second-order valence-corrected chi connectivity index (χ2v) is 6.84. The molecule has 0 amide bonds. The standard InChI is InChI=1S/C17H24FN/c1-12(2)14-9-17(10-14)6-7-19-11-16(17)13-4-3-5-15(18)8-13/h3-5,8,12,14,16,19H,6-7,9-11H2,1-2H3. The number of hydrogen-bond donors (Lipinski definition) is 1. The second kappa shape index (κ2) is 4.90. The molecule has 1 N–H and O–H groups in total. The van der Waals surface area contributed by atoms with Crippen LogP contribution in [0.5, 0.6) is 0 Å². The topological polar surface area (TPSA) is 12.0 Å². The molecular formula is C17H24FN. The number of nitrogens with one attached hydrogen (secondary N) is 1. The van der Waals surface area contributed by atoms with Crippen molar-refractivity contribution in [3.8, 4) is 0 Å². The summed E-state index contributed by atoms with van der Waals surface area (Å²) in [6.45, 7) is 6.79. The summed E-state index contributed by atoms with van der Waals surface area (Å²) < 4.78 is 13.5. The minimum Gasteiger partial charge on any atom is -0.316 e. The molecule has 19 heavy (non-hydrogen) atoms. The van der Waals surface area contributed by atoms with Gasteiger partial charge in [-0.05, 0) is 60.8 Å². The second-order valence-electron chi connectivity index (χ2n) is 6.84. The maximum absolute atomic E-state index is 13.5. The minimum absolute atomic E-state index is 0.0991. The highest BCUT2D eigenvalue weighted by Crippen LogP contribution is 2.59. The Morgan fingerprint density at radius 1 is 1.32 bits per heavy atom. The summed E-state index contributed by atoms with van der Waals surface area (Å²) in [4.78, 5) is 0. The van der Waals surface area contributed by atoms with Gasteiger partial charge in [-0.25, -0.2) is 4.39 Å². The van der Waals surface area contributed by atoms with Gasteiger partial charge in [0.15, 0.2) is 0 Å². The number of piperidine rings is 1. The van der Waals surface area contributed by atoms with Crippen LogP contribution in [-0.4, -0.2) is 13.1 Å². The molecule has 2 fully saturated rings. The zero-order valence-electron chi connectivity index (χ0n) is 12.0. The van der Waals surface area contributed by atoms with E-state index in [-0.39, 0.29) is 5.82 Å². The lowest BCUT2D eigenvalue weighted by Gasteiger charge is -2.56. The molecule has 0 aromatic heterocycles. The Kier molecular flexibility index (Phi) is 3.38. The zero-order chi connectivity index (χ0) is 13.5. The molecule has 1 spiro atoms. The van der Waals surface area contributed by atoms with E-state index >= 15 is 0 Å². The Labute approximate surface area is 115 Å².